The van der Waals surface area contributed by atoms with Gasteiger partial charge in [-0.15, -0.1) is 0 Å². The number of amides is 2. The molecule has 1 saturated heterocycles. The lowest BCUT2D eigenvalue weighted by Crippen LogP contribution is -2.54. The highest BCUT2D eigenvalue weighted by Crippen LogP contribution is 2.32. The smallest absolute Gasteiger partial charge is 0.289 e. The van der Waals surface area contributed by atoms with Crippen molar-refractivity contribution >= 4 is 21.8 Å². The molecule has 2 fully saturated rings. The second kappa shape index (κ2) is 7.88. The summed E-state index contributed by atoms with van der Waals surface area (Å²) in [6, 6.07) is 2.28. The van der Waals surface area contributed by atoms with E-state index >= 15 is 0 Å². The molecule has 0 bridgehead atoms. The summed E-state index contributed by atoms with van der Waals surface area (Å²) >= 11 is 0. The van der Waals surface area contributed by atoms with Gasteiger partial charge in [-0.3, -0.25) is 9.59 Å². The summed E-state index contributed by atoms with van der Waals surface area (Å²) in [5.41, 5.74) is -0.535. The van der Waals surface area contributed by atoms with Crippen LogP contribution in [0.25, 0.3) is 0 Å². The third kappa shape index (κ3) is 4.57. The fraction of sp³-hybridized carbons (Fsp3) is 0.526. The highest BCUT2D eigenvalue weighted by molar-refractivity contribution is 7.88. The van der Waals surface area contributed by atoms with E-state index in [0.717, 1.165) is 31.9 Å². The first-order chi connectivity index (χ1) is 14.2. The maximum Gasteiger partial charge on any atom is 0.289 e. The Morgan fingerprint density at radius 1 is 1.37 bits per heavy atom. The molecule has 1 aliphatic heterocycles. The van der Waals surface area contributed by atoms with Crippen LogP contribution in [-0.4, -0.2) is 65.6 Å². The van der Waals surface area contributed by atoms with Gasteiger partial charge in [-0.05, 0) is 25.0 Å². The van der Waals surface area contributed by atoms with E-state index < -0.39 is 27.5 Å². The first-order valence-electron chi connectivity index (χ1n) is 9.86. The van der Waals surface area contributed by atoms with E-state index in [1.165, 1.54) is 4.90 Å². The fourth-order valence-electron chi connectivity index (χ4n) is 4.25. The number of hydrogen-bond acceptors (Lipinski definition) is 6. The van der Waals surface area contributed by atoms with Crippen molar-refractivity contribution in [1.29, 1.82) is 0 Å². The molecule has 3 heterocycles. The zero-order valence-corrected chi connectivity index (χ0v) is 17.5. The third-order valence-corrected chi connectivity index (χ3v) is 6.29. The van der Waals surface area contributed by atoms with Gasteiger partial charge in [0.25, 0.3) is 5.91 Å². The quantitative estimate of drug-likeness (QED) is 0.697. The van der Waals surface area contributed by atoms with Gasteiger partial charge < -0.3 is 19.2 Å². The molecular weight excluding hydrogens is 410 g/mol. The molecule has 2 amide bonds. The van der Waals surface area contributed by atoms with E-state index in [1.807, 2.05) is 4.57 Å². The van der Waals surface area contributed by atoms with Crippen LogP contribution in [0, 0.1) is 0 Å². The van der Waals surface area contributed by atoms with Crippen molar-refractivity contribution < 1.29 is 22.4 Å². The van der Waals surface area contributed by atoms with Crippen molar-refractivity contribution in [2.45, 2.75) is 43.8 Å². The van der Waals surface area contributed by atoms with E-state index in [9.17, 15) is 18.0 Å². The molecule has 162 valence electrons. The highest BCUT2D eigenvalue weighted by atomic mass is 32.2. The van der Waals surface area contributed by atoms with Gasteiger partial charge >= 0.3 is 0 Å². The highest BCUT2D eigenvalue weighted by Gasteiger charge is 2.44. The number of hydrogen-bond donors (Lipinski definition) is 2. The summed E-state index contributed by atoms with van der Waals surface area (Å²) < 4.78 is 33.4. The minimum Gasteiger partial charge on any atom is -0.454 e. The van der Waals surface area contributed by atoms with Crippen molar-refractivity contribution in [3.05, 3.63) is 42.4 Å². The molecule has 10 nitrogen and oxygen atoms in total. The lowest BCUT2D eigenvalue weighted by Gasteiger charge is -2.32. The predicted octanol–water partition coefficient (Wildman–Crippen LogP) is 0.327. The van der Waals surface area contributed by atoms with Crippen LogP contribution in [0.3, 0.4) is 0 Å². The summed E-state index contributed by atoms with van der Waals surface area (Å²) in [4.78, 5) is 31.5. The second-order valence-corrected chi connectivity index (χ2v) is 9.89. The summed E-state index contributed by atoms with van der Waals surface area (Å²) in [5, 5.41) is 3.00. The maximum atomic E-state index is 13.2. The van der Waals surface area contributed by atoms with Gasteiger partial charge in [0, 0.05) is 25.5 Å². The van der Waals surface area contributed by atoms with Crippen LogP contribution < -0.4 is 10.0 Å². The lowest BCUT2D eigenvalue weighted by atomic mass is 9.97. The number of furan rings is 1. The van der Waals surface area contributed by atoms with Crippen molar-refractivity contribution in [3.63, 3.8) is 0 Å². The zero-order valence-electron chi connectivity index (χ0n) is 16.7. The van der Waals surface area contributed by atoms with Gasteiger partial charge in [0.15, 0.2) is 5.76 Å². The van der Waals surface area contributed by atoms with Crippen molar-refractivity contribution in [3.8, 4) is 0 Å². The first kappa shape index (κ1) is 20.6. The van der Waals surface area contributed by atoms with E-state index in [-0.39, 0.29) is 18.2 Å². The van der Waals surface area contributed by atoms with E-state index in [4.69, 9.17) is 4.42 Å². The van der Waals surface area contributed by atoms with Crippen molar-refractivity contribution in [2.75, 3.05) is 19.3 Å². The normalized spacial score (nSPS) is 21.6. The average molecular weight is 436 g/mol. The first-order valence-corrected chi connectivity index (χ1v) is 11.8. The SMILES string of the molecule is CS(=O)(=O)NC1CN(C(=O)c2ccc(Cn3ccnc3)o2)CC2(CCCC2)NC1=O. The minimum atomic E-state index is -3.63. The molecule has 1 saturated carbocycles. The summed E-state index contributed by atoms with van der Waals surface area (Å²) in [7, 11) is -3.63. The molecule has 1 unspecified atom stereocenters. The van der Waals surface area contributed by atoms with Crippen LogP contribution in [0.4, 0.5) is 0 Å². The lowest BCUT2D eigenvalue weighted by molar-refractivity contribution is -0.123. The van der Waals surface area contributed by atoms with Gasteiger partial charge in [-0.2, -0.15) is 0 Å². The molecule has 1 aliphatic carbocycles. The van der Waals surface area contributed by atoms with Gasteiger partial charge in [0.1, 0.15) is 11.8 Å². The average Bonchev–Trinajstić information content (AvgIpc) is 3.40. The number of nitrogens with one attached hydrogen (secondary N) is 2. The van der Waals surface area contributed by atoms with Gasteiger partial charge in [-0.1, -0.05) is 12.8 Å². The Kier molecular flexibility index (Phi) is 5.41. The van der Waals surface area contributed by atoms with Crippen LogP contribution in [0.1, 0.15) is 42.0 Å². The number of sulfonamides is 1. The molecule has 1 atom stereocenters. The second-order valence-electron chi connectivity index (χ2n) is 8.11. The number of carbonyl (C=O) groups is 2. The Labute approximate surface area is 174 Å². The Morgan fingerprint density at radius 2 is 2.13 bits per heavy atom. The van der Waals surface area contributed by atoms with Crippen molar-refractivity contribution in [1.82, 2.24) is 24.5 Å². The van der Waals surface area contributed by atoms with E-state index in [0.29, 0.717) is 18.8 Å². The topological polar surface area (TPSA) is 127 Å². The third-order valence-electron chi connectivity index (χ3n) is 5.58. The number of aromatic nitrogens is 2. The van der Waals surface area contributed by atoms with E-state index in [2.05, 4.69) is 15.0 Å². The van der Waals surface area contributed by atoms with Crippen LogP contribution in [0.5, 0.6) is 0 Å². The number of rotatable bonds is 5. The predicted molar refractivity (Wildman–Crippen MR) is 107 cm³/mol. The van der Waals surface area contributed by atoms with Crippen LogP contribution in [0.2, 0.25) is 0 Å². The Bertz CT molecular complexity index is 1020. The maximum absolute atomic E-state index is 13.2. The molecule has 0 radical (unpaired) electrons. The molecule has 0 aromatic carbocycles. The minimum absolute atomic E-state index is 0.0585. The number of nitrogens with zero attached hydrogens (tertiary/aromatic N) is 3. The summed E-state index contributed by atoms with van der Waals surface area (Å²) in [5.74, 6) is -0.0136. The Morgan fingerprint density at radius 3 is 2.80 bits per heavy atom. The molecular formula is C19H25N5O5S. The van der Waals surface area contributed by atoms with Crippen LogP contribution in [0.15, 0.2) is 35.3 Å². The summed E-state index contributed by atoms with van der Waals surface area (Å²) in [6.45, 7) is 0.698. The molecule has 4 rings (SSSR count). The van der Waals surface area contributed by atoms with Crippen LogP contribution in [-0.2, 0) is 21.4 Å². The number of carbonyl (C=O) groups excluding carboxylic acids is 2. The van der Waals surface area contributed by atoms with E-state index in [1.54, 1.807) is 30.9 Å². The molecule has 2 aromatic rings. The standard InChI is InChI=1S/C19H25N5O5S/c1-30(27,28)22-15-11-24(12-19(21-17(15)25)6-2-3-7-19)18(26)16-5-4-14(29-16)10-23-9-8-20-13-23/h4-5,8-9,13,15,22H,2-3,6-7,10-12H2,1H3,(H,21,25). The molecule has 1 spiro atoms. The fourth-order valence-corrected chi connectivity index (χ4v) is 4.95. The monoisotopic (exact) mass is 435 g/mol. The molecule has 30 heavy (non-hydrogen) atoms. The molecule has 2 aromatic heterocycles. The van der Waals surface area contributed by atoms with Gasteiger partial charge in [-0.25, -0.2) is 18.1 Å². The molecule has 11 heteroatoms. The molecule has 2 N–H and O–H groups in total. The summed E-state index contributed by atoms with van der Waals surface area (Å²) in [6.07, 6.45) is 9.49. The van der Waals surface area contributed by atoms with Crippen molar-refractivity contribution in [2.24, 2.45) is 0 Å². The van der Waals surface area contributed by atoms with Gasteiger partial charge in [0.05, 0.1) is 24.7 Å². The Hall–Kier alpha value is -2.66. The largest absolute Gasteiger partial charge is 0.454 e. The molecule has 2 aliphatic rings. The van der Waals surface area contributed by atoms with Gasteiger partial charge in [0.2, 0.25) is 15.9 Å². The number of imidazole rings is 1. The zero-order chi connectivity index (χ0) is 21.4. The van der Waals surface area contributed by atoms with Crippen LogP contribution >= 0.6 is 0 Å². The Balaban J connectivity index is 1.57.